The highest BCUT2D eigenvalue weighted by Crippen LogP contribution is 2.22. The molecule has 4 nitrogen and oxygen atoms in total. The van der Waals surface area contributed by atoms with Crippen molar-refractivity contribution in [2.24, 2.45) is 0 Å². The SMILES string of the molecule is Fc1ccc(OCCNc2ccc(Oc3cccnc3)cc2)cc1. The van der Waals surface area contributed by atoms with Crippen molar-refractivity contribution in [2.75, 3.05) is 18.5 Å². The van der Waals surface area contributed by atoms with Crippen molar-refractivity contribution in [3.63, 3.8) is 0 Å². The minimum Gasteiger partial charge on any atom is -0.492 e. The number of hydrogen-bond acceptors (Lipinski definition) is 4. The second-order valence-electron chi connectivity index (χ2n) is 5.04. The zero-order chi connectivity index (χ0) is 16.6. The van der Waals surface area contributed by atoms with Crippen LogP contribution in [-0.2, 0) is 0 Å². The van der Waals surface area contributed by atoms with Crippen molar-refractivity contribution in [3.8, 4) is 17.2 Å². The molecule has 0 aliphatic rings. The van der Waals surface area contributed by atoms with Gasteiger partial charge in [0.25, 0.3) is 0 Å². The Morgan fingerprint density at radius 3 is 2.33 bits per heavy atom. The van der Waals surface area contributed by atoms with E-state index in [-0.39, 0.29) is 5.82 Å². The summed E-state index contributed by atoms with van der Waals surface area (Å²) >= 11 is 0. The molecule has 0 saturated heterocycles. The molecule has 24 heavy (non-hydrogen) atoms. The first-order valence-electron chi connectivity index (χ1n) is 7.60. The highest BCUT2D eigenvalue weighted by atomic mass is 19.1. The second kappa shape index (κ2) is 7.97. The largest absolute Gasteiger partial charge is 0.492 e. The van der Waals surface area contributed by atoms with E-state index >= 15 is 0 Å². The summed E-state index contributed by atoms with van der Waals surface area (Å²) in [6.45, 7) is 1.12. The molecule has 0 spiro atoms. The number of ether oxygens (including phenoxy) is 2. The van der Waals surface area contributed by atoms with Gasteiger partial charge in [-0.15, -0.1) is 0 Å². The number of nitrogens with zero attached hydrogens (tertiary/aromatic N) is 1. The fourth-order valence-electron chi connectivity index (χ4n) is 2.08. The smallest absolute Gasteiger partial charge is 0.145 e. The van der Waals surface area contributed by atoms with E-state index in [2.05, 4.69) is 10.3 Å². The molecule has 0 fully saturated rings. The van der Waals surface area contributed by atoms with E-state index in [1.807, 2.05) is 36.4 Å². The Balaban J connectivity index is 1.43. The van der Waals surface area contributed by atoms with Gasteiger partial charge in [0.05, 0.1) is 6.20 Å². The normalized spacial score (nSPS) is 10.2. The number of rotatable bonds is 7. The Morgan fingerprint density at radius 1 is 0.875 bits per heavy atom. The number of benzene rings is 2. The van der Waals surface area contributed by atoms with Gasteiger partial charge in [-0.25, -0.2) is 4.39 Å². The summed E-state index contributed by atoms with van der Waals surface area (Å²) < 4.78 is 24.0. The molecule has 1 heterocycles. The minimum atomic E-state index is -0.269. The summed E-state index contributed by atoms with van der Waals surface area (Å²) in [6.07, 6.45) is 3.37. The molecule has 0 amide bonds. The van der Waals surface area contributed by atoms with Crippen LogP contribution in [0, 0.1) is 5.82 Å². The van der Waals surface area contributed by atoms with Crippen LogP contribution in [0.5, 0.6) is 17.2 Å². The molecule has 1 aromatic heterocycles. The zero-order valence-electron chi connectivity index (χ0n) is 13.0. The number of hydrogen-bond donors (Lipinski definition) is 1. The molecule has 0 bridgehead atoms. The molecule has 2 aromatic carbocycles. The Kier molecular flexibility index (Phi) is 5.24. The predicted molar refractivity (Wildman–Crippen MR) is 91.1 cm³/mol. The van der Waals surface area contributed by atoms with Crippen LogP contribution >= 0.6 is 0 Å². The van der Waals surface area contributed by atoms with Crippen LogP contribution in [0.3, 0.4) is 0 Å². The minimum absolute atomic E-state index is 0.269. The lowest BCUT2D eigenvalue weighted by Gasteiger charge is -2.10. The van der Waals surface area contributed by atoms with Crippen LogP contribution in [-0.4, -0.2) is 18.1 Å². The Hall–Kier alpha value is -3.08. The molecule has 0 aliphatic heterocycles. The van der Waals surface area contributed by atoms with Crippen LogP contribution in [0.2, 0.25) is 0 Å². The van der Waals surface area contributed by atoms with E-state index in [1.54, 1.807) is 24.5 Å². The molecule has 1 N–H and O–H groups in total. The number of nitrogens with one attached hydrogen (secondary N) is 1. The molecule has 3 aromatic rings. The standard InChI is InChI=1S/C19H17FN2O2/c20-15-3-7-17(8-4-15)23-13-12-22-16-5-9-18(10-6-16)24-19-2-1-11-21-14-19/h1-11,14,22H,12-13H2. The van der Waals surface area contributed by atoms with E-state index in [1.165, 1.54) is 12.1 Å². The second-order valence-corrected chi connectivity index (χ2v) is 5.04. The molecule has 0 saturated carbocycles. The number of halogens is 1. The molecule has 3 rings (SSSR count). The third-order valence-corrected chi connectivity index (χ3v) is 3.24. The summed E-state index contributed by atoms with van der Waals surface area (Å²) in [7, 11) is 0. The van der Waals surface area contributed by atoms with E-state index in [0.29, 0.717) is 24.7 Å². The highest BCUT2D eigenvalue weighted by Gasteiger charge is 1.98. The van der Waals surface area contributed by atoms with Gasteiger partial charge in [-0.1, -0.05) is 0 Å². The molecule has 0 aliphatic carbocycles. The lowest BCUT2D eigenvalue weighted by atomic mass is 10.3. The molecule has 122 valence electrons. The molecular weight excluding hydrogens is 307 g/mol. The van der Waals surface area contributed by atoms with Crippen molar-refractivity contribution in [1.29, 1.82) is 0 Å². The third-order valence-electron chi connectivity index (χ3n) is 3.24. The van der Waals surface area contributed by atoms with Gasteiger partial charge in [-0.05, 0) is 60.7 Å². The quantitative estimate of drug-likeness (QED) is 0.650. The molecule has 0 atom stereocenters. The fourth-order valence-corrected chi connectivity index (χ4v) is 2.08. The Labute approximate surface area is 139 Å². The number of pyridine rings is 1. The number of aromatic nitrogens is 1. The van der Waals surface area contributed by atoms with Gasteiger partial charge in [-0.3, -0.25) is 4.98 Å². The maximum Gasteiger partial charge on any atom is 0.145 e. The van der Waals surface area contributed by atoms with Gasteiger partial charge < -0.3 is 14.8 Å². The lowest BCUT2D eigenvalue weighted by Crippen LogP contribution is -2.11. The van der Waals surface area contributed by atoms with Gasteiger partial charge in [0.2, 0.25) is 0 Å². The fraction of sp³-hybridized carbons (Fsp3) is 0.105. The third kappa shape index (κ3) is 4.71. The monoisotopic (exact) mass is 324 g/mol. The maximum atomic E-state index is 12.8. The van der Waals surface area contributed by atoms with Crippen molar-refractivity contribution >= 4 is 5.69 Å². The number of anilines is 1. The van der Waals surface area contributed by atoms with Crippen molar-refractivity contribution in [2.45, 2.75) is 0 Å². The van der Waals surface area contributed by atoms with Crippen LogP contribution in [0.1, 0.15) is 0 Å². The van der Waals surface area contributed by atoms with Gasteiger partial charge in [-0.2, -0.15) is 0 Å². The molecular formula is C19H17FN2O2. The highest BCUT2D eigenvalue weighted by molar-refractivity contribution is 5.47. The van der Waals surface area contributed by atoms with Crippen LogP contribution in [0.15, 0.2) is 73.1 Å². The Morgan fingerprint density at radius 2 is 1.62 bits per heavy atom. The summed E-state index contributed by atoms with van der Waals surface area (Å²) in [4.78, 5) is 4.01. The zero-order valence-corrected chi connectivity index (χ0v) is 13.0. The van der Waals surface area contributed by atoms with Crippen LogP contribution in [0.4, 0.5) is 10.1 Å². The first-order chi connectivity index (χ1) is 11.8. The average molecular weight is 324 g/mol. The van der Waals surface area contributed by atoms with Crippen LogP contribution < -0.4 is 14.8 Å². The van der Waals surface area contributed by atoms with Gasteiger partial charge >= 0.3 is 0 Å². The summed E-state index contributed by atoms with van der Waals surface area (Å²) in [5, 5.41) is 3.25. The van der Waals surface area contributed by atoms with Gasteiger partial charge in [0.15, 0.2) is 0 Å². The van der Waals surface area contributed by atoms with Gasteiger partial charge in [0.1, 0.15) is 29.7 Å². The molecule has 0 radical (unpaired) electrons. The van der Waals surface area contributed by atoms with Gasteiger partial charge in [0, 0.05) is 18.4 Å². The lowest BCUT2D eigenvalue weighted by molar-refractivity contribution is 0.332. The topological polar surface area (TPSA) is 43.4 Å². The summed E-state index contributed by atoms with van der Waals surface area (Å²) in [6, 6.07) is 17.3. The average Bonchev–Trinajstić information content (AvgIpc) is 2.62. The maximum absolute atomic E-state index is 12.8. The van der Waals surface area contributed by atoms with E-state index in [9.17, 15) is 4.39 Å². The summed E-state index contributed by atoms with van der Waals surface area (Å²) in [5.74, 6) is 1.83. The van der Waals surface area contributed by atoms with Crippen molar-refractivity contribution < 1.29 is 13.9 Å². The molecule has 5 heteroatoms. The van der Waals surface area contributed by atoms with E-state index in [4.69, 9.17) is 9.47 Å². The first-order valence-corrected chi connectivity index (χ1v) is 7.60. The van der Waals surface area contributed by atoms with Crippen molar-refractivity contribution in [1.82, 2.24) is 4.98 Å². The van der Waals surface area contributed by atoms with E-state index < -0.39 is 0 Å². The summed E-state index contributed by atoms with van der Waals surface area (Å²) in [5.41, 5.74) is 0.969. The molecule has 0 unspecified atom stereocenters. The van der Waals surface area contributed by atoms with E-state index in [0.717, 1.165) is 11.4 Å². The van der Waals surface area contributed by atoms with Crippen LogP contribution in [0.25, 0.3) is 0 Å². The van der Waals surface area contributed by atoms with Crippen molar-refractivity contribution in [3.05, 3.63) is 78.9 Å². The Bertz CT molecular complexity index is 747. The first kappa shape index (κ1) is 15.8. The predicted octanol–water partition coefficient (Wildman–Crippen LogP) is 4.50.